The second kappa shape index (κ2) is 12.6. The molecule has 0 spiro atoms. The zero-order valence-electron chi connectivity index (χ0n) is 21.4. The largest absolute Gasteiger partial charge is 0.480 e. The van der Waals surface area contributed by atoms with Gasteiger partial charge in [-0.2, -0.15) is 0 Å². The molecule has 4 rings (SSSR count). The van der Waals surface area contributed by atoms with Crippen LogP contribution in [-0.2, 0) is 33.7 Å². The smallest absolute Gasteiger partial charge is 0.319 e. The summed E-state index contributed by atoms with van der Waals surface area (Å²) >= 11 is 4.22. The molecule has 0 aliphatic heterocycles. The number of aliphatic carboxylic acids is 1. The molecule has 0 fully saturated rings. The monoisotopic (exact) mass is 567 g/mol. The number of carbonyl (C=O) groups is 2. The van der Waals surface area contributed by atoms with E-state index in [4.69, 9.17) is 9.72 Å². The number of esters is 1. The van der Waals surface area contributed by atoms with Gasteiger partial charge in [0.1, 0.15) is 4.75 Å². The molecule has 10 heteroatoms. The third-order valence-electron chi connectivity index (χ3n) is 5.82. The van der Waals surface area contributed by atoms with Gasteiger partial charge in [0.2, 0.25) is 0 Å². The summed E-state index contributed by atoms with van der Waals surface area (Å²) in [6, 6.07) is 18.8. The summed E-state index contributed by atoms with van der Waals surface area (Å²) in [4.78, 5) is 34.8. The highest BCUT2D eigenvalue weighted by Gasteiger charge is 2.29. The van der Waals surface area contributed by atoms with Crippen LogP contribution in [0, 0.1) is 0 Å². The summed E-state index contributed by atoms with van der Waals surface area (Å²) in [6.45, 7) is 4.68. The lowest BCUT2D eigenvalue weighted by Gasteiger charge is -2.22. The van der Waals surface area contributed by atoms with Crippen molar-refractivity contribution in [1.82, 2.24) is 9.97 Å². The molecule has 0 saturated heterocycles. The van der Waals surface area contributed by atoms with Gasteiger partial charge in [-0.3, -0.25) is 9.59 Å². The van der Waals surface area contributed by atoms with Crippen LogP contribution >= 0.6 is 34.4 Å². The summed E-state index contributed by atoms with van der Waals surface area (Å²) in [6.07, 6.45) is 0.817. The number of thiazole rings is 2. The highest BCUT2D eigenvalue weighted by molar-refractivity contribution is 8.03. The molecule has 1 N–H and O–H groups in total. The summed E-state index contributed by atoms with van der Waals surface area (Å²) in [7, 11) is 1.37. The topological polar surface area (TPSA) is 92.6 Å². The van der Waals surface area contributed by atoms with Crippen LogP contribution in [0.4, 0.5) is 5.13 Å². The molecule has 0 aliphatic rings. The van der Waals surface area contributed by atoms with Crippen LogP contribution < -0.4 is 4.90 Å². The lowest BCUT2D eigenvalue weighted by Crippen LogP contribution is -2.27. The maximum absolute atomic E-state index is 11.7. The number of rotatable bonds is 12. The minimum Gasteiger partial charge on any atom is -0.480 e. The number of nitrogens with zero attached hydrogens (tertiary/aromatic N) is 3. The number of carboxylic acids is 1. The van der Waals surface area contributed by atoms with Gasteiger partial charge in [0, 0.05) is 30.3 Å². The number of ether oxygens (including phenoxy) is 1. The summed E-state index contributed by atoms with van der Waals surface area (Å²) in [5.74, 6) is -1.18. The molecule has 0 amide bonds. The van der Waals surface area contributed by atoms with Crippen LogP contribution in [0.15, 0.2) is 69.7 Å². The Bertz CT molecular complexity index is 1370. The number of methoxy groups -OCH3 is 1. The second-order valence-corrected chi connectivity index (χ2v) is 12.7. The van der Waals surface area contributed by atoms with Crippen molar-refractivity contribution in [1.29, 1.82) is 0 Å². The number of carboxylic acid groups (broad SMARTS) is 1. The van der Waals surface area contributed by atoms with Gasteiger partial charge in [-0.25, -0.2) is 9.97 Å². The lowest BCUT2D eigenvalue weighted by molar-refractivity contribution is -0.140. The molecule has 2 heterocycles. The van der Waals surface area contributed by atoms with E-state index in [9.17, 15) is 14.7 Å². The van der Waals surface area contributed by atoms with E-state index in [1.165, 1.54) is 47.1 Å². The molecule has 0 saturated carbocycles. The number of hydrogen-bond donors (Lipinski definition) is 1. The van der Waals surface area contributed by atoms with Gasteiger partial charge < -0.3 is 14.7 Å². The van der Waals surface area contributed by atoms with E-state index in [1.54, 1.807) is 13.8 Å². The molecule has 0 aliphatic carbocycles. The van der Waals surface area contributed by atoms with Gasteiger partial charge in [0.25, 0.3) is 0 Å². The highest BCUT2D eigenvalue weighted by Crippen LogP contribution is 2.35. The third kappa shape index (κ3) is 7.43. The number of carbonyl (C=O) groups excluding carboxylic acids is 1. The van der Waals surface area contributed by atoms with E-state index in [0.717, 1.165) is 26.3 Å². The van der Waals surface area contributed by atoms with Crippen LogP contribution in [0.5, 0.6) is 0 Å². The van der Waals surface area contributed by atoms with Crippen molar-refractivity contribution in [3.63, 3.8) is 0 Å². The fraction of sp³-hybridized carbons (Fsp3) is 0.286. The molecule has 2 aromatic carbocycles. The number of aromatic nitrogens is 2. The Morgan fingerprint density at radius 2 is 1.66 bits per heavy atom. The first-order valence-electron chi connectivity index (χ1n) is 12.0. The Balaban J connectivity index is 1.49. The van der Waals surface area contributed by atoms with Gasteiger partial charge in [0.15, 0.2) is 9.47 Å². The molecule has 7 nitrogen and oxygen atoms in total. The van der Waals surface area contributed by atoms with E-state index in [2.05, 4.69) is 46.3 Å². The van der Waals surface area contributed by atoms with Crippen molar-refractivity contribution in [2.75, 3.05) is 18.6 Å². The number of thioether (sulfide) groups is 1. The minimum atomic E-state index is -0.940. The van der Waals surface area contributed by atoms with Crippen molar-refractivity contribution in [2.45, 2.75) is 42.3 Å². The fourth-order valence-electron chi connectivity index (χ4n) is 3.60. The van der Waals surface area contributed by atoms with E-state index in [-0.39, 0.29) is 12.4 Å². The minimum absolute atomic E-state index is 0.138. The van der Waals surface area contributed by atoms with E-state index in [0.29, 0.717) is 25.2 Å². The van der Waals surface area contributed by atoms with Gasteiger partial charge in [-0.15, -0.1) is 22.7 Å². The van der Waals surface area contributed by atoms with Crippen LogP contribution in [0.25, 0.3) is 11.1 Å². The molecule has 0 atom stereocenters. The summed E-state index contributed by atoms with van der Waals surface area (Å²) < 4.78 is 4.59. The first-order chi connectivity index (χ1) is 18.2. The highest BCUT2D eigenvalue weighted by atomic mass is 32.2. The van der Waals surface area contributed by atoms with Gasteiger partial charge in [0.05, 0.1) is 24.9 Å². The van der Waals surface area contributed by atoms with Crippen LogP contribution in [0.2, 0.25) is 0 Å². The Labute approximate surface area is 234 Å². The van der Waals surface area contributed by atoms with Gasteiger partial charge >= 0.3 is 11.9 Å². The normalized spacial score (nSPS) is 11.3. The second-order valence-electron chi connectivity index (χ2n) is 9.13. The zero-order chi connectivity index (χ0) is 27.1. The lowest BCUT2D eigenvalue weighted by atomic mass is 10.0. The van der Waals surface area contributed by atoms with Gasteiger partial charge in [-0.05, 0) is 30.5 Å². The maximum atomic E-state index is 11.7. The Kier molecular flexibility index (Phi) is 9.19. The third-order valence-corrected chi connectivity index (χ3v) is 8.95. The van der Waals surface area contributed by atoms with Crippen molar-refractivity contribution in [3.05, 3.63) is 82.3 Å². The van der Waals surface area contributed by atoms with Crippen LogP contribution in [0.1, 0.15) is 30.8 Å². The molecule has 4 aromatic rings. The molecule has 38 heavy (non-hydrogen) atoms. The van der Waals surface area contributed by atoms with E-state index < -0.39 is 10.7 Å². The number of hydrogen-bond acceptors (Lipinski definition) is 9. The molecule has 0 unspecified atom stereocenters. The first kappa shape index (κ1) is 27.8. The molecule has 0 radical (unpaired) electrons. The SMILES string of the molecule is COC(=O)Cc1csc(N(CCc2csc(SC(C)(C)C(=O)O)n2)Cc2ccc(-c3ccccc3)cc2)n1. The number of benzene rings is 2. The average Bonchev–Trinajstić information content (AvgIpc) is 3.56. The number of anilines is 1. The zero-order valence-corrected chi connectivity index (χ0v) is 23.9. The van der Waals surface area contributed by atoms with Crippen molar-refractivity contribution >= 4 is 51.5 Å². The summed E-state index contributed by atoms with van der Waals surface area (Å²) in [5, 5.41) is 14.1. The van der Waals surface area contributed by atoms with Crippen molar-refractivity contribution in [2.24, 2.45) is 0 Å². The van der Waals surface area contributed by atoms with Crippen molar-refractivity contribution < 1.29 is 19.4 Å². The van der Waals surface area contributed by atoms with Gasteiger partial charge in [-0.1, -0.05) is 66.4 Å². The Morgan fingerprint density at radius 1 is 0.974 bits per heavy atom. The predicted molar refractivity (Wildman–Crippen MR) is 154 cm³/mol. The van der Waals surface area contributed by atoms with E-state index >= 15 is 0 Å². The molecular weight excluding hydrogens is 539 g/mol. The Morgan fingerprint density at radius 3 is 2.34 bits per heavy atom. The fourth-order valence-corrected chi connectivity index (χ4v) is 6.68. The van der Waals surface area contributed by atoms with E-state index in [1.807, 2.05) is 29.0 Å². The van der Waals surface area contributed by atoms with Crippen LogP contribution in [0.3, 0.4) is 0 Å². The standard InChI is InChI=1S/C28H29N3O4S3/c1-28(2,25(33)34)38-27-30-22(17-37-27)13-14-31(26-29-23(18-36-26)15-24(32)35-3)16-19-9-11-21(12-10-19)20-7-5-4-6-8-20/h4-12,17-18H,13-16H2,1-3H3,(H,33,34). The Hall–Kier alpha value is -3.21. The van der Waals surface area contributed by atoms with Crippen LogP contribution in [-0.4, -0.2) is 45.4 Å². The average molecular weight is 568 g/mol. The summed E-state index contributed by atoms with van der Waals surface area (Å²) in [5.41, 5.74) is 5.07. The quantitative estimate of drug-likeness (QED) is 0.160. The molecule has 0 bridgehead atoms. The maximum Gasteiger partial charge on any atom is 0.319 e. The van der Waals surface area contributed by atoms with Crippen molar-refractivity contribution in [3.8, 4) is 11.1 Å². The molecular formula is C28H29N3O4S3. The molecule has 198 valence electrons. The predicted octanol–water partition coefficient (Wildman–Crippen LogP) is 6.19. The molecule has 2 aromatic heterocycles. The first-order valence-corrected chi connectivity index (χ1v) is 14.6.